The van der Waals surface area contributed by atoms with Gasteiger partial charge in [-0.05, 0) is 39.2 Å². The lowest BCUT2D eigenvalue weighted by atomic mass is 10.2. The summed E-state index contributed by atoms with van der Waals surface area (Å²) in [7, 11) is 0. The standard InChI is InChI=1S/C12H21N3O/c1-9-12(8-13-7-11-3-4-11)10(2)15(14-9)5-6-16/h11,13,16H,3-8H2,1-2H3. The number of aliphatic hydroxyl groups is 1. The molecule has 0 aliphatic heterocycles. The number of aryl methyl sites for hydroxylation is 1. The molecule has 1 aromatic heterocycles. The Balaban J connectivity index is 1.95. The quantitative estimate of drug-likeness (QED) is 0.756. The largest absolute Gasteiger partial charge is 0.394 e. The highest BCUT2D eigenvalue weighted by atomic mass is 16.3. The summed E-state index contributed by atoms with van der Waals surface area (Å²) in [5, 5.41) is 16.8. The van der Waals surface area contributed by atoms with Gasteiger partial charge < -0.3 is 10.4 Å². The minimum Gasteiger partial charge on any atom is -0.394 e. The first-order chi connectivity index (χ1) is 7.72. The molecule has 1 aromatic rings. The molecule has 0 aromatic carbocycles. The van der Waals surface area contributed by atoms with Crippen molar-refractivity contribution in [3.8, 4) is 0 Å². The van der Waals surface area contributed by atoms with Gasteiger partial charge >= 0.3 is 0 Å². The van der Waals surface area contributed by atoms with Crippen molar-refractivity contribution >= 4 is 0 Å². The first kappa shape index (κ1) is 11.6. The number of nitrogens with zero attached hydrogens (tertiary/aromatic N) is 2. The molecule has 2 N–H and O–H groups in total. The maximum Gasteiger partial charge on any atom is 0.0644 e. The number of aliphatic hydroxyl groups excluding tert-OH is 1. The van der Waals surface area contributed by atoms with Crippen LogP contribution in [0, 0.1) is 19.8 Å². The molecule has 1 heterocycles. The van der Waals surface area contributed by atoms with Crippen LogP contribution in [-0.2, 0) is 13.1 Å². The molecule has 0 atom stereocenters. The van der Waals surface area contributed by atoms with Crippen molar-refractivity contribution in [1.29, 1.82) is 0 Å². The van der Waals surface area contributed by atoms with Gasteiger partial charge in [-0.15, -0.1) is 0 Å². The monoisotopic (exact) mass is 223 g/mol. The third-order valence-electron chi connectivity index (χ3n) is 3.27. The van der Waals surface area contributed by atoms with E-state index in [1.807, 2.05) is 11.6 Å². The maximum absolute atomic E-state index is 8.92. The van der Waals surface area contributed by atoms with Crippen LogP contribution >= 0.6 is 0 Å². The number of nitrogens with one attached hydrogen (secondary N) is 1. The van der Waals surface area contributed by atoms with Crippen LogP contribution in [0.2, 0.25) is 0 Å². The van der Waals surface area contributed by atoms with Crippen LogP contribution in [0.4, 0.5) is 0 Å². The van der Waals surface area contributed by atoms with Crippen LogP contribution in [0.25, 0.3) is 0 Å². The molecule has 16 heavy (non-hydrogen) atoms. The van der Waals surface area contributed by atoms with Crippen LogP contribution in [-0.4, -0.2) is 28.0 Å². The van der Waals surface area contributed by atoms with E-state index in [0.29, 0.717) is 6.54 Å². The summed E-state index contributed by atoms with van der Waals surface area (Å²) in [6.07, 6.45) is 2.77. The number of aromatic nitrogens is 2. The van der Waals surface area contributed by atoms with Crippen molar-refractivity contribution in [2.45, 2.75) is 39.8 Å². The van der Waals surface area contributed by atoms with Crippen molar-refractivity contribution in [2.75, 3.05) is 13.2 Å². The molecule has 0 amide bonds. The van der Waals surface area contributed by atoms with E-state index in [2.05, 4.69) is 17.3 Å². The number of rotatable bonds is 6. The molecule has 0 radical (unpaired) electrons. The average Bonchev–Trinajstić information content (AvgIpc) is 3.02. The van der Waals surface area contributed by atoms with Crippen molar-refractivity contribution in [2.24, 2.45) is 5.92 Å². The Bertz CT molecular complexity index is 355. The topological polar surface area (TPSA) is 50.1 Å². The molecule has 1 aliphatic rings. The highest BCUT2D eigenvalue weighted by molar-refractivity contribution is 5.24. The Morgan fingerprint density at radius 1 is 1.44 bits per heavy atom. The van der Waals surface area contributed by atoms with Crippen LogP contribution in [0.3, 0.4) is 0 Å². The van der Waals surface area contributed by atoms with Gasteiger partial charge in [-0.3, -0.25) is 4.68 Å². The molecule has 90 valence electrons. The summed E-state index contributed by atoms with van der Waals surface area (Å²) in [5.41, 5.74) is 3.54. The lowest BCUT2D eigenvalue weighted by Gasteiger charge is -2.05. The van der Waals surface area contributed by atoms with Gasteiger partial charge in [0.2, 0.25) is 0 Å². The van der Waals surface area contributed by atoms with Crippen molar-refractivity contribution in [3.05, 3.63) is 17.0 Å². The molecule has 0 unspecified atom stereocenters. The lowest BCUT2D eigenvalue weighted by molar-refractivity contribution is 0.267. The van der Waals surface area contributed by atoms with Crippen LogP contribution in [0.15, 0.2) is 0 Å². The minimum absolute atomic E-state index is 0.150. The van der Waals surface area contributed by atoms with E-state index < -0.39 is 0 Å². The smallest absolute Gasteiger partial charge is 0.0644 e. The van der Waals surface area contributed by atoms with Crippen molar-refractivity contribution in [1.82, 2.24) is 15.1 Å². The molecular weight excluding hydrogens is 202 g/mol. The van der Waals surface area contributed by atoms with Gasteiger partial charge in [0.25, 0.3) is 0 Å². The fraction of sp³-hybridized carbons (Fsp3) is 0.750. The highest BCUT2D eigenvalue weighted by Crippen LogP contribution is 2.27. The SMILES string of the molecule is Cc1nn(CCO)c(C)c1CNCC1CC1. The third-order valence-corrected chi connectivity index (χ3v) is 3.27. The second-order valence-corrected chi connectivity index (χ2v) is 4.67. The number of hydrogen-bond acceptors (Lipinski definition) is 3. The summed E-state index contributed by atoms with van der Waals surface area (Å²) in [6, 6.07) is 0. The van der Waals surface area contributed by atoms with E-state index in [1.165, 1.54) is 24.1 Å². The van der Waals surface area contributed by atoms with Crippen LogP contribution < -0.4 is 5.32 Å². The van der Waals surface area contributed by atoms with E-state index in [1.54, 1.807) is 0 Å². The molecule has 1 saturated carbocycles. The summed E-state index contributed by atoms with van der Waals surface area (Å²) >= 11 is 0. The van der Waals surface area contributed by atoms with E-state index in [0.717, 1.165) is 24.7 Å². The molecule has 0 bridgehead atoms. The summed E-state index contributed by atoms with van der Waals surface area (Å²) in [4.78, 5) is 0. The van der Waals surface area contributed by atoms with E-state index in [4.69, 9.17) is 5.11 Å². The van der Waals surface area contributed by atoms with E-state index >= 15 is 0 Å². The van der Waals surface area contributed by atoms with Crippen LogP contribution in [0.1, 0.15) is 29.8 Å². The molecule has 1 aliphatic carbocycles. The summed E-state index contributed by atoms with van der Waals surface area (Å²) in [6.45, 7) is 6.88. The molecule has 2 rings (SSSR count). The molecule has 1 fully saturated rings. The van der Waals surface area contributed by atoms with E-state index in [9.17, 15) is 0 Å². The normalized spacial score (nSPS) is 15.7. The maximum atomic E-state index is 8.92. The zero-order valence-electron chi connectivity index (χ0n) is 10.2. The van der Waals surface area contributed by atoms with E-state index in [-0.39, 0.29) is 6.61 Å². The van der Waals surface area contributed by atoms with Gasteiger partial charge in [-0.2, -0.15) is 5.10 Å². The molecule has 4 heteroatoms. The fourth-order valence-corrected chi connectivity index (χ4v) is 2.03. The van der Waals surface area contributed by atoms with Gasteiger partial charge in [-0.1, -0.05) is 0 Å². The third kappa shape index (κ3) is 2.62. The van der Waals surface area contributed by atoms with Gasteiger partial charge in [0.1, 0.15) is 0 Å². The van der Waals surface area contributed by atoms with Crippen molar-refractivity contribution in [3.63, 3.8) is 0 Å². The minimum atomic E-state index is 0.150. The average molecular weight is 223 g/mol. The Labute approximate surface area is 96.7 Å². The van der Waals surface area contributed by atoms with Crippen molar-refractivity contribution < 1.29 is 5.11 Å². The first-order valence-electron chi connectivity index (χ1n) is 6.07. The molecule has 0 spiro atoms. The molecule has 0 saturated heterocycles. The number of hydrogen-bond donors (Lipinski definition) is 2. The van der Waals surface area contributed by atoms with Gasteiger partial charge in [0.05, 0.1) is 18.8 Å². The Hall–Kier alpha value is -0.870. The fourth-order valence-electron chi connectivity index (χ4n) is 2.03. The zero-order chi connectivity index (χ0) is 11.5. The van der Waals surface area contributed by atoms with Crippen LogP contribution in [0.5, 0.6) is 0 Å². The second-order valence-electron chi connectivity index (χ2n) is 4.67. The van der Waals surface area contributed by atoms with Gasteiger partial charge in [0.15, 0.2) is 0 Å². The Morgan fingerprint density at radius 3 is 2.81 bits per heavy atom. The predicted molar refractivity (Wildman–Crippen MR) is 63.2 cm³/mol. The highest BCUT2D eigenvalue weighted by Gasteiger charge is 2.20. The molecular formula is C12H21N3O. The Kier molecular flexibility index (Phi) is 3.61. The molecule has 4 nitrogen and oxygen atoms in total. The Morgan fingerprint density at radius 2 is 2.19 bits per heavy atom. The second kappa shape index (κ2) is 4.97. The van der Waals surface area contributed by atoms with Gasteiger partial charge in [-0.25, -0.2) is 0 Å². The predicted octanol–water partition coefficient (Wildman–Crippen LogP) is 0.992. The van der Waals surface area contributed by atoms with Gasteiger partial charge in [0, 0.05) is 17.8 Å². The zero-order valence-corrected chi connectivity index (χ0v) is 10.2. The first-order valence-corrected chi connectivity index (χ1v) is 6.07. The lowest BCUT2D eigenvalue weighted by Crippen LogP contribution is -2.17. The summed E-state index contributed by atoms with van der Waals surface area (Å²) < 4.78 is 1.89. The summed E-state index contributed by atoms with van der Waals surface area (Å²) in [5.74, 6) is 0.910.